The van der Waals surface area contributed by atoms with Crippen molar-refractivity contribution in [3.63, 3.8) is 0 Å². The Morgan fingerprint density at radius 3 is 2.57 bits per heavy atom. The van der Waals surface area contributed by atoms with Crippen molar-refractivity contribution in [3.05, 3.63) is 36.0 Å². The summed E-state index contributed by atoms with van der Waals surface area (Å²) in [6.07, 6.45) is 2.58. The highest BCUT2D eigenvalue weighted by atomic mass is 32.2. The largest absolute Gasteiger partial charge is 0.463 e. The number of nitrogens with one attached hydrogen (secondary N) is 1. The summed E-state index contributed by atoms with van der Waals surface area (Å²) in [5, 5.41) is 8.20. The summed E-state index contributed by atoms with van der Waals surface area (Å²) in [5.41, 5.74) is 1.48. The van der Waals surface area contributed by atoms with Gasteiger partial charge in [-0.2, -0.15) is 23.5 Å². The predicted molar refractivity (Wildman–Crippen MR) is 105 cm³/mol. The van der Waals surface area contributed by atoms with Gasteiger partial charge < -0.3 is 10.1 Å². The Bertz CT molecular complexity index is 1060. The molecule has 150 valence electrons. The number of fused-ring (bicyclic) bond motifs is 1. The Morgan fingerprint density at radius 2 is 1.93 bits per heavy atom. The van der Waals surface area contributed by atoms with Gasteiger partial charge in [-0.1, -0.05) is 26.0 Å². The summed E-state index contributed by atoms with van der Waals surface area (Å²) >= 11 is 0. The van der Waals surface area contributed by atoms with Crippen molar-refractivity contribution < 1.29 is 17.7 Å². The molecule has 2 heterocycles. The SMILES string of the molecule is CC(C)CCOc1nc(NCc2ccc(S(=O)(=O)O)cc2)c2cnn(C)c2n1. The minimum absolute atomic E-state index is 0.145. The van der Waals surface area contributed by atoms with Crippen LogP contribution in [0.4, 0.5) is 5.82 Å². The first-order valence-corrected chi connectivity index (χ1v) is 10.3. The zero-order chi connectivity index (χ0) is 20.3. The first-order valence-electron chi connectivity index (χ1n) is 8.87. The van der Waals surface area contributed by atoms with Crippen LogP contribution < -0.4 is 10.1 Å². The topological polar surface area (TPSA) is 119 Å². The molecule has 2 aromatic heterocycles. The Kier molecular flexibility index (Phi) is 5.80. The van der Waals surface area contributed by atoms with Crippen LogP contribution in [0.5, 0.6) is 6.01 Å². The second kappa shape index (κ2) is 8.11. The number of benzene rings is 1. The van der Waals surface area contributed by atoms with E-state index in [0.717, 1.165) is 17.4 Å². The maximum Gasteiger partial charge on any atom is 0.320 e. The van der Waals surface area contributed by atoms with Crippen molar-refractivity contribution in [1.29, 1.82) is 0 Å². The van der Waals surface area contributed by atoms with Crippen molar-refractivity contribution in [2.75, 3.05) is 11.9 Å². The quantitative estimate of drug-likeness (QED) is 0.549. The van der Waals surface area contributed by atoms with Gasteiger partial charge in [-0.05, 0) is 30.0 Å². The Balaban J connectivity index is 1.79. The highest BCUT2D eigenvalue weighted by molar-refractivity contribution is 7.85. The number of aromatic nitrogens is 4. The molecule has 0 bridgehead atoms. The lowest BCUT2D eigenvalue weighted by atomic mass is 10.1. The number of rotatable bonds is 8. The fourth-order valence-electron chi connectivity index (χ4n) is 2.55. The van der Waals surface area contributed by atoms with Crippen LogP contribution in [-0.2, 0) is 23.7 Å². The van der Waals surface area contributed by atoms with Crippen molar-refractivity contribution in [2.45, 2.75) is 31.7 Å². The summed E-state index contributed by atoms with van der Waals surface area (Å²) < 4.78 is 38.7. The van der Waals surface area contributed by atoms with Crippen LogP contribution in [-0.4, -0.2) is 39.3 Å². The van der Waals surface area contributed by atoms with Crippen molar-refractivity contribution in [2.24, 2.45) is 13.0 Å². The average molecular weight is 405 g/mol. The van der Waals surface area contributed by atoms with Crippen molar-refractivity contribution in [3.8, 4) is 6.01 Å². The van der Waals surface area contributed by atoms with E-state index < -0.39 is 10.1 Å². The molecule has 0 radical (unpaired) electrons. The van der Waals surface area contributed by atoms with Crippen molar-refractivity contribution >= 4 is 27.0 Å². The van der Waals surface area contributed by atoms with Gasteiger partial charge in [0.1, 0.15) is 5.82 Å². The van der Waals surface area contributed by atoms with Gasteiger partial charge in [-0.25, -0.2) is 0 Å². The molecule has 0 aliphatic heterocycles. The van der Waals surface area contributed by atoms with E-state index >= 15 is 0 Å². The molecule has 0 aliphatic carbocycles. The molecule has 0 fully saturated rings. The molecule has 0 saturated carbocycles. The fraction of sp³-hybridized carbons (Fsp3) is 0.389. The van der Waals surface area contributed by atoms with E-state index in [9.17, 15) is 8.42 Å². The van der Waals surface area contributed by atoms with E-state index in [1.807, 2.05) is 0 Å². The maximum atomic E-state index is 11.1. The second-order valence-corrected chi connectivity index (χ2v) is 8.29. The van der Waals surface area contributed by atoms with Gasteiger partial charge >= 0.3 is 6.01 Å². The number of aryl methyl sites for hydroxylation is 1. The van der Waals surface area contributed by atoms with Gasteiger partial charge in [0.2, 0.25) is 0 Å². The normalized spacial score (nSPS) is 11.9. The molecule has 3 aromatic rings. The monoisotopic (exact) mass is 405 g/mol. The number of ether oxygens (including phenoxy) is 1. The van der Waals surface area contributed by atoms with Gasteiger partial charge in [0.05, 0.1) is 23.1 Å². The maximum absolute atomic E-state index is 11.1. The summed E-state index contributed by atoms with van der Waals surface area (Å²) in [5.74, 6) is 1.10. The van der Waals surface area contributed by atoms with Gasteiger partial charge in [0.15, 0.2) is 5.65 Å². The first kappa shape index (κ1) is 20.0. The number of anilines is 1. The molecule has 1 aromatic carbocycles. The van der Waals surface area contributed by atoms with Crippen LogP contribution in [0.3, 0.4) is 0 Å². The van der Waals surface area contributed by atoms with E-state index in [1.165, 1.54) is 12.1 Å². The van der Waals surface area contributed by atoms with Gasteiger partial charge in [-0.15, -0.1) is 0 Å². The highest BCUT2D eigenvalue weighted by Gasteiger charge is 2.13. The van der Waals surface area contributed by atoms with Crippen LogP contribution in [0.1, 0.15) is 25.8 Å². The van der Waals surface area contributed by atoms with E-state index in [1.54, 1.807) is 30.1 Å². The van der Waals surface area contributed by atoms with Gasteiger partial charge in [-0.3, -0.25) is 9.23 Å². The van der Waals surface area contributed by atoms with Crippen LogP contribution in [0.25, 0.3) is 11.0 Å². The number of nitrogens with zero attached hydrogens (tertiary/aromatic N) is 4. The lowest BCUT2D eigenvalue weighted by Gasteiger charge is -2.11. The molecule has 0 saturated heterocycles. The number of hydrogen-bond acceptors (Lipinski definition) is 7. The molecule has 0 amide bonds. The predicted octanol–water partition coefficient (Wildman–Crippen LogP) is 2.65. The van der Waals surface area contributed by atoms with E-state index in [-0.39, 0.29) is 10.9 Å². The van der Waals surface area contributed by atoms with Crippen LogP contribution in [0.2, 0.25) is 0 Å². The van der Waals surface area contributed by atoms with E-state index in [0.29, 0.717) is 30.5 Å². The van der Waals surface area contributed by atoms with Crippen LogP contribution in [0.15, 0.2) is 35.4 Å². The molecule has 9 nitrogen and oxygen atoms in total. The fourth-order valence-corrected chi connectivity index (χ4v) is 3.03. The third-order valence-electron chi connectivity index (χ3n) is 4.18. The number of hydrogen-bond donors (Lipinski definition) is 2. The molecule has 28 heavy (non-hydrogen) atoms. The van der Waals surface area contributed by atoms with Gasteiger partial charge in [0.25, 0.3) is 10.1 Å². The zero-order valence-corrected chi connectivity index (χ0v) is 16.8. The van der Waals surface area contributed by atoms with Crippen molar-refractivity contribution in [1.82, 2.24) is 19.7 Å². The molecule has 0 atom stereocenters. The summed E-state index contributed by atoms with van der Waals surface area (Å²) in [7, 11) is -2.41. The minimum Gasteiger partial charge on any atom is -0.463 e. The van der Waals surface area contributed by atoms with Crippen LogP contribution in [0, 0.1) is 5.92 Å². The molecule has 2 N–H and O–H groups in total. The standard InChI is InChI=1S/C18H23N5O4S/c1-12(2)8-9-27-18-21-16(15-11-20-23(3)17(15)22-18)19-10-13-4-6-14(7-5-13)28(24,25)26/h4-7,11-12H,8-10H2,1-3H3,(H,19,21,22)(H,24,25,26). The molecule has 10 heteroatoms. The molecule has 0 spiro atoms. The minimum atomic E-state index is -4.20. The second-order valence-electron chi connectivity index (χ2n) is 6.86. The third-order valence-corrected chi connectivity index (χ3v) is 5.05. The smallest absolute Gasteiger partial charge is 0.320 e. The molecular weight excluding hydrogens is 382 g/mol. The Morgan fingerprint density at radius 1 is 1.21 bits per heavy atom. The Hall–Kier alpha value is -2.72. The average Bonchev–Trinajstić information content (AvgIpc) is 3.00. The summed E-state index contributed by atoms with van der Waals surface area (Å²) in [6.45, 7) is 5.17. The molecule has 0 aliphatic rings. The molecular formula is C18H23N5O4S. The van der Waals surface area contributed by atoms with E-state index in [4.69, 9.17) is 9.29 Å². The third kappa shape index (κ3) is 4.76. The zero-order valence-electron chi connectivity index (χ0n) is 16.0. The van der Waals surface area contributed by atoms with Crippen LogP contribution >= 0.6 is 0 Å². The molecule has 3 rings (SSSR count). The lowest BCUT2D eigenvalue weighted by molar-refractivity contribution is 0.269. The highest BCUT2D eigenvalue weighted by Crippen LogP contribution is 2.23. The van der Waals surface area contributed by atoms with E-state index in [2.05, 4.69) is 34.2 Å². The Labute approximate surface area is 163 Å². The lowest BCUT2D eigenvalue weighted by Crippen LogP contribution is -2.08. The first-order chi connectivity index (χ1) is 13.2. The summed E-state index contributed by atoms with van der Waals surface area (Å²) in [4.78, 5) is 8.72. The van der Waals surface area contributed by atoms with Gasteiger partial charge in [0, 0.05) is 13.6 Å². The summed E-state index contributed by atoms with van der Waals surface area (Å²) in [6, 6.07) is 6.23. The molecule has 0 unspecified atom stereocenters.